The Hall–Kier alpha value is -2.34. The van der Waals surface area contributed by atoms with Crippen molar-refractivity contribution in [2.45, 2.75) is 38.3 Å². The van der Waals surface area contributed by atoms with Crippen LogP contribution in [0.15, 0.2) is 36.7 Å². The molecule has 0 saturated carbocycles. The highest BCUT2D eigenvalue weighted by Crippen LogP contribution is 2.28. The Balaban J connectivity index is 1.42. The molecule has 2 N–H and O–H groups in total. The summed E-state index contributed by atoms with van der Waals surface area (Å²) in [5, 5.41) is 4.49. The quantitative estimate of drug-likeness (QED) is 0.916. The summed E-state index contributed by atoms with van der Waals surface area (Å²) in [5.41, 5.74) is 8.88. The third kappa shape index (κ3) is 3.60. The monoisotopic (exact) mass is 354 g/mol. The predicted molar refractivity (Wildman–Crippen MR) is 101 cm³/mol. The van der Waals surface area contributed by atoms with Crippen molar-refractivity contribution < 1.29 is 9.53 Å². The van der Waals surface area contributed by atoms with Gasteiger partial charge in [0.05, 0.1) is 6.20 Å². The summed E-state index contributed by atoms with van der Waals surface area (Å²) in [7, 11) is 0. The Morgan fingerprint density at radius 1 is 1.08 bits per heavy atom. The predicted octanol–water partition coefficient (Wildman–Crippen LogP) is 2.95. The van der Waals surface area contributed by atoms with E-state index in [0.29, 0.717) is 0 Å². The van der Waals surface area contributed by atoms with Gasteiger partial charge in [-0.25, -0.2) is 4.68 Å². The van der Waals surface area contributed by atoms with Crippen LogP contribution < -0.4 is 10.6 Å². The minimum atomic E-state index is -0.168. The van der Waals surface area contributed by atoms with Gasteiger partial charge in [0.2, 0.25) is 5.91 Å². The Bertz CT molecular complexity index is 741. The zero-order chi connectivity index (χ0) is 17.9. The third-order valence-electron chi connectivity index (χ3n) is 5.52. The average molecular weight is 354 g/mol. The average Bonchev–Trinajstić information content (AvgIpc) is 3.19. The van der Waals surface area contributed by atoms with Crippen molar-refractivity contribution in [1.82, 2.24) is 9.78 Å². The van der Waals surface area contributed by atoms with Crippen molar-refractivity contribution in [3.63, 3.8) is 0 Å². The van der Waals surface area contributed by atoms with Crippen LogP contribution in [0.3, 0.4) is 0 Å². The maximum absolute atomic E-state index is 11.3. The molecule has 0 radical (unpaired) electrons. The molecule has 1 aromatic carbocycles. The lowest BCUT2D eigenvalue weighted by Gasteiger charge is -2.32. The molecule has 2 aromatic rings. The summed E-state index contributed by atoms with van der Waals surface area (Å²) in [5.74, 6) is -0.141. The maximum atomic E-state index is 11.3. The van der Waals surface area contributed by atoms with Crippen molar-refractivity contribution in [1.29, 1.82) is 0 Å². The van der Waals surface area contributed by atoms with Crippen molar-refractivity contribution >= 4 is 11.6 Å². The fourth-order valence-corrected chi connectivity index (χ4v) is 3.86. The number of amides is 1. The number of hydrogen-bond acceptors (Lipinski definition) is 4. The highest BCUT2D eigenvalue weighted by molar-refractivity contribution is 5.77. The number of carbonyl (C=O) groups is 1. The largest absolute Gasteiger partial charge is 0.371 e. The van der Waals surface area contributed by atoms with Crippen molar-refractivity contribution in [3.05, 3.63) is 36.7 Å². The fourth-order valence-electron chi connectivity index (χ4n) is 3.86. The molecule has 0 aliphatic carbocycles. The molecule has 0 bridgehead atoms. The van der Waals surface area contributed by atoms with E-state index >= 15 is 0 Å². The first-order chi connectivity index (χ1) is 12.7. The van der Waals surface area contributed by atoms with Crippen LogP contribution in [0, 0.1) is 5.92 Å². The van der Waals surface area contributed by atoms with Crippen molar-refractivity contribution in [2.75, 3.05) is 24.6 Å². The van der Waals surface area contributed by atoms with Gasteiger partial charge in [-0.1, -0.05) is 12.1 Å². The van der Waals surface area contributed by atoms with Crippen LogP contribution in [0.25, 0.3) is 11.1 Å². The number of anilines is 1. The van der Waals surface area contributed by atoms with E-state index in [1.165, 1.54) is 12.1 Å². The van der Waals surface area contributed by atoms with E-state index in [1.54, 1.807) is 0 Å². The van der Waals surface area contributed by atoms with E-state index in [4.69, 9.17) is 10.5 Å². The van der Waals surface area contributed by atoms with Gasteiger partial charge in [0.1, 0.15) is 6.23 Å². The summed E-state index contributed by atoms with van der Waals surface area (Å²) in [6.07, 6.45) is 9.10. The zero-order valence-corrected chi connectivity index (χ0v) is 15.0. The van der Waals surface area contributed by atoms with Gasteiger partial charge >= 0.3 is 0 Å². The molecule has 2 fully saturated rings. The molecule has 138 valence electrons. The van der Waals surface area contributed by atoms with Crippen LogP contribution in [0.1, 0.15) is 38.3 Å². The Labute approximate surface area is 153 Å². The number of ether oxygens (including phenoxy) is 1. The normalized spacial score (nSPS) is 21.7. The second kappa shape index (κ2) is 7.50. The van der Waals surface area contributed by atoms with Crippen LogP contribution in [0.4, 0.5) is 5.69 Å². The lowest BCUT2D eigenvalue weighted by molar-refractivity contribution is -0.122. The van der Waals surface area contributed by atoms with Gasteiger partial charge < -0.3 is 15.4 Å². The molecule has 3 heterocycles. The van der Waals surface area contributed by atoms with Crippen LogP contribution in [0.2, 0.25) is 0 Å². The summed E-state index contributed by atoms with van der Waals surface area (Å²) >= 11 is 0. The molecule has 1 unspecified atom stereocenters. The molecule has 6 nitrogen and oxygen atoms in total. The first-order valence-electron chi connectivity index (χ1n) is 9.51. The third-order valence-corrected chi connectivity index (χ3v) is 5.52. The van der Waals surface area contributed by atoms with E-state index < -0.39 is 0 Å². The Morgan fingerprint density at radius 3 is 2.50 bits per heavy atom. The highest BCUT2D eigenvalue weighted by Gasteiger charge is 2.23. The summed E-state index contributed by atoms with van der Waals surface area (Å²) in [6.45, 7) is 2.58. The topological polar surface area (TPSA) is 73.4 Å². The van der Waals surface area contributed by atoms with E-state index in [2.05, 4.69) is 40.5 Å². The molecular formula is C20H26N4O2. The van der Waals surface area contributed by atoms with E-state index in [-0.39, 0.29) is 18.1 Å². The van der Waals surface area contributed by atoms with Gasteiger partial charge in [-0.2, -0.15) is 5.10 Å². The molecule has 1 aromatic heterocycles. The van der Waals surface area contributed by atoms with Crippen LogP contribution in [-0.2, 0) is 9.53 Å². The lowest BCUT2D eigenvalue weighted by Crippen LogP contribution is -2.38. The molecular weight excluding hydrogens is 328 g/mol. The number of aromatic nitrogens is 2. The zero-order valence-electron chi connectivity index (χ0n) is 15.0. The number of piperidine rings is 1. The van der Waals surface area contributed by atoms with Crippen molar-refractivity contribution in [3.8, 4) is 11.1 Å². The second-order valence-corrected chi connectivity index (χ2v) is 7.24. The van der Waals surface area contributed by atoms with E-state index in [0.717, 1.165) is 56.5 Å². The molecule has 1 amide bonds. The molecule has 2 aliphatic rings. The Kier molecular flexibility index (Phi) is 4.93. The number of benzene rings is 1. The smallest absolute Gasteiger partial charge is 0.220 e. The molecule has 26 heavy (non-hydrogen) atoms. The number of primary amides is 1. The molecule has 1 atom stereocenters. The molecule has 0 spiro atoms. The van der Waals surface area contributed by atoms with Crippen LogP contribution >= 0.6 is 0 Å². The van der Waals surface area contributed by atoms with Gasteiger partial charge in [0, 0.05) is 43.1 Å². The fraction of sp³-hybridized carbons (Fsp3) is 0.500. The second-order valence-electron chi connectivity index (χ2n) is 7.24. The van der Waals surface area contributed by atoms with Gasteiger partial charge in [-0.15, -0.1) is 0 Å². The van der Waals surface area contributed by atoms with Crippen LogP contribution in [-0.4, -0.2) is 35.4 Å². The van der Waals surface area contributed by atoms with E-state index in [9.17, 15) is 4.79 Å². The standard InChI is InChI=1S/C20H26N4O2/c21-20(25)16-8-10-23(11-9-16)18-6-4-15(5-7-18)17-13-22-24(14-17)19-3-1-2-12-26-19/h4-7,13-14,16,19H,1-3,8-12H2,(H2,21,25). The molecule has 6 heteroatoms. The van der Waals surface area contributed by atoms with Gasteiger partial charge in [-0.3, -0.25) is 4.79 Å². The highest BCUT2D eigenvalue weighted by atomic mass is 16.5. The number of carbonyl (C=O) groups excluding carboxylic acids is 1. The van der Waals surface area contributed by atoms with E-state index in [1.807, 2.05) is 10.9 Å². The summed E-state index contributed by atoms with van der Waals surface area (Å²) in [4.78, 5) is 13.6. The number of hydrogen-bond donors (Lipinski definition) is 1. The Morgan fingerprint density at radius 2 is 1.85 bits per heavy atom. The summed E-state index contributed by atoms with van der Waals surface area (Å²) < 4.78 is 7.74. The number of nitrogens with two attached hydrogens (primary N) is 1. The van der Waals surface area contributed by atoms with Gasteiger partial charge in [0.25, 0.3) is 0 Å². The molecule has 4 rings (SSSR count). The van der Waals surface area contributed by atoms with Gasteiger partial charge in [-0.05, 0) is 49.8 Å². The van der Waals surface area contributed by atoms with Crippen molar-refractivity contribution in [2.24, 2.45) is 11.7 Å². The summed E-state index contributed by atoms with van der Waals surface area (Å²) in [6, 6.07) is 8.57. The number of nitrogens with zero attached hydrogens (tertiary/aromatic N) is 3. The first kappa shape index (κ1) is 17.1. The molecule has 2 aliphatic heterocycles. The number of rotatable bonds is 4. The van der Waals surface area contributed by atoms with Gasteiger partial charge in [0.15, 0.2) is 0 Å². The lowest BCUT2D eigenvalue weighted by atomic mass is 9.96. The molecule has 2 saturated heterocycles. The minimum Gasteiger partial charge on any atom is -0.371 e. The minimum absolute atomic E-state index is 0.0263. The maximum Gasteiger partial charge on any atom is 0.220 e. The first-order valence-corrected chi connectivity index (χ1v) is 9.51. The SMILES string of the molecule is NC(=O)C1CCN(c2ccc(-c3cnn(C4CCCCO4)c3)cc2)CC1. The van der Waals surface area contributed by atoms with Crippen LogP contribution in [0.5, 0.6) is 0 Å².